The lowest BCUT2D eigenvalue weighted by molar-refractivity contribution is -0.116. The Morgan fingerprint density at radius 3 is 2.45 bits per heavy atom. The predicted octanol–water partition coefficient (Wildman–Crippen LogP) is 0.540. The number of amides is 2. The van der Waals surface area contributed by atoms with Gasteiger partial charge in [-0.05, 0) is 37.1 Å². The van der Waals surface area contributed by atoms with Gasteiger partial charge >= 0.3 is 0 Å². The zero-order valence-corrected chi connectivity index (χ0v) is 12.9. The Morgan fingerprint density at radius 1 is 1.18 bits per heavy atom. The molecule has 1 fully saturated rings. The zero-order valence-electron chi connectivity index (χ0n) is 12.1. The minimum atomic E-state index is -3.21. The molecule has 0 spiro atoms. The van der Waals surface area contributed by atoms with E-state index in [0.29, 0.717) is 24.2 Å². The number of nitrogens with one attached hydrogen (secondary N) is 1. The van der Waals surface area contributed by atoms with E-state index in [1.165, 1.54) is 16.4 Å². The lowest BCUT2D eigenvalue weighted by atomic mass is 10.2. The van der Waals surface area contributed by atoms with Crippen LogP contribution in [0, 0.1) is 0 Å². The van der Waals surface area contributed by atoms with Crippen LogP contribution in [0.15, 0.2) is 24.3 Å². The lowest BCUT2D eigenvalue weighted by Crippen LogP contribution is -2.39. The topological polar surface area (TPSA) is 110 Å². The number of nitrogens with two attached hydrogens (primary N) is 1. The summed E-state index contributed by atoms with van der Waals surface area (Å²) < 4.78 is 25.0. The smallest absolute Gasteiger partial charge is 0.248 e. The van der Waals surface area contributed by atoms with Gasteiger partial charge in [0.05, 0.1) is 5.75 Å². The Kier molecular flexibility index (Phi) is 5.15. The first-order valence-corrected chi connectivity index (χ1v) is 8.67. The van der Waals surface area contributed by atoms with E-state index in [1.807, 2.05) is 0 Å². The summed E-state index contributed by atoms with van der Waals surface area (Å²) in [5, 5.41) is 2.66. The molecule has 0 unspecified atom stereocenters. The number of benzene rings is 1. The average Bonchev–Trinajstić information content (AvgIpc) is 2.46. The number of rotatable bonds is 5. The molecule has 1 aromatic carbocycles. The quantitative estimate of drug-likeness (QED) is 0.823. The number of carbonyl (C=O) groups is 2. The van der Waals surface area contributed by atoms with Crippen LogP contribution in [-0.2, 0) is 14.8 Å². The highest BCUT2D eigenvalue weighted by atomic mass is 32.2. The van der Waals surface area contributed by atoms with E-state index in [1.54, 1.807) is 12.1 Å². The van der Waals surface area contributed by atoms with Crippen LogP contribution in [0.1, 0.15) is 29.6 Å². The van der Waals surface area contributed by atoms with Gasteiger partial charge in [0.25, 0.3) is 0 Å². The molecule has 3 N–H and O–H groups in total. The first kappa shape index (κ1) is 16.4. The Balaban J connectivity index is 1.86. The maximum Gasteiger partial charge on any atom is 0.248 e. The molecule has 1 aliphatic heterocycles. The third-order valence-corrected chi connectivity index (χ3v) is 5.45. The minimum absolute atomic E-state index is 0.0940. The fourth-order valence-electron chi connectivity index (χ4n) is 2.26. The minimum Gasteiger partial charge on any atom is -0.366 e. The van der Waals surface area contributed by atoms with Crippen molar-refractivity contribution in [1.82, 2.24) is 4.31 Å². The van der Waals surface area contributed by atoms with Crippen molar-refractivity contribution < 1.29 is 18.0 Å². The highest BCUT2D eigenvalue weighted by Gasteiger charge is 2.25. The molecule has 2 rings (SSSR count). The first-order chi connectivity index (χ1) is 10.4. The standard InChI is InChI=1S/C14H19N3O4S/c15-14(19)11-3-5-12(6-4-11)16-13(18)7-9-17-8-1-2-10-22(17,20)21/h3-6H,1-2,7-10H2,(H2,15,19)(H,16,18). The van der Waals surface area contributed by atoms with Crippen LogP contribution in [0.5, 0.6) is 0 Å². The maximum atomic E-state index is 11.9. The van der Waals surface area contributed by atoms with Crippen LogP contribution in [-0.4, -0.2) is 43.4 Å². The second-order valence-corrected chi connectivity index (χ2v) is 7.25. The van der Waals surface area contributed by atoms with Gasteiger partial charge in [-0.3, -0.25) is 9.59 Å². The second kappa shape index (κ2) is 6.89. The third kappa shape index (κ3) is 4.28. The fourth-order valence-corrected chi connectivity index (χ4v) is 3.86. The number of anilines is 1. The van der Waals surface area contributed by atoms with E-state index in [4.69, 9.17) is 5.73 Å². The van der Waals surface area contributed by atoms with Crippen molar-refractivity contribution in [3.8, 4) is 0 Å². The molecule has 0 aromatic heterocycles. The summed E-state index contributed by atoms with van der Waals surface area (Å²) in [5.41, 5.74) is 6.03. The zero-order chi connectivity index (χ0) is 16.2. The van der Waals surface area contributed by atoms with E-state index < -0.39 is 15.9 Å². The van der Waals surface area contributed by atoms with Crippen LogP contribution in [0.2, 0.25) is 0 Å². The van der Waals surface area contributed by atoms with Crippen molar-refractivity contribution in [3.05, 3.63) is 29.8 Å². The van der Waals surface area contributed by atoms with E-state index in [-0.39, 0.29) is 24.6 Å². The Morgan fingerprint density at radius 2 is 1.86 bits per heavy atom. The molecule has 7 nitrogen and oxygen atoms in total. The molecule has 22 heavy (non-hydrogen) atoms. The van der Waals surface area contributed by atoms with Crippen molar-refractivity contribution in [3.63, 3.8) is 0 Å². The SMILES string of the molecule is NC(=O)c1ccc(NC(=O)CCN2CCCCS2(=O)=O)cc1. The van der Waals surface area contributed by atoms with Crippen molar-refractivity contribution in [1.29, 1.82) is 0 Å². The fraction of sp³-hybridized carbons (Fsp3) is 0.429. The molecule has 0 radical (unpaired) electrons. The van der Waals surface area contributed by atoms with Gasteiger partial charge in [-0.15, -0.1) is 0 Å². The number of sulfonamides is 1. The molecule has 0 bridgehead atoms. The van der Waals surface area contributed by atoms with Gasteiger partial charge in [-0.25, -0.2) is 12.7 Å². The molecule has 0 saturated carbocycles. The maximum absolute atomic E-state index is 11.9. The van der Waals surface area contributed by atoms with E-state index >= 15 is 0 Å². The second-order valence-electron chi connectivity index (χ2n) is 5.16. The van der Waals surface area contributed by atoms with Crippen LogP contribution < -0.4 is 11.1 Å². The molecule has 2 amide bonds. The summed E-state index contributed by atoms with van der Waals surface area (Å²) in [6.45, 7) is 0.663. The lowest BCUT2D eigenvalue weighted by Gasteiger charge is -2.25. The molecule has 1 aromatic rings. The number of nitrogens with zero attached hydrogens (tertiary/aromatic N) is 1. The van der Waals surface area contributed by atoms with Gasteiger partial charge in [0.1, 0.15) is 0 Å². The van der Waals surface area contributed by atoms with Crippen molar-refractivity contribution in [2.45, 2.75) is 19.3 Å². The van der Waals surface area contributed by atoms with Crippen LogP contribution in [0.4, 0.5) is 5.69 Å². The molecule has 0 aliphatic carbocycles. The van der Waals surface area contributed by atoms with E-state index in [0.717, 1.165) is 6.42 Å². The van der Waals surface area contributed by atoms with Crippen LogP contribution in [0.25, 0.3) is 0 Å². The summed E-state index contributed by atoms with van der Waals surface area (Å²) in [4.78, 5) is 22.8. The Bertz CT molecular complexity index is 655. The predicted molar refractivity (Wildman–Crippen MR) is 82.8 cm³/mol. The summed E-state index contributed by atoms with van der Waals surface area (Å²) in [5.74, 6) is -0.649. The molecule has 0 atom stereocenters. The molecule has 1 aliphatic rings. The highest BCUT2D eigenvalue weighted by Crippen LogP contribution is 2.14. The van der Waals surface area contributed by atoms with E-state index in [9.17, 15) is 18.0 Å². The summed E-state index contributed by atoms with van der Waals surface area (Å²) >= 11 is 0. The molecule has 1 saturated heterocycles. The molecular weight excluding hydrogens is 306 g/mol. The summed E-state index contributed by atoms with van der Waals surface area (Å²) in [6, 6.07) is 6.20. The number of hydrogen-bond acceptors (Lipinski definition) is 4. The Hall–Kier alpha value is -1.93. The number of carbonyl (C=O) groups excluding carboxylic acids is 2. The summed E-state index contributed by atoms with van der Waals surface area (Å²) in [6.07, 6.45) is 1.60. The Labute approximate surface area is 129 Å². The normalized spacial score (nSPS) is 17.8. The first-order valence-electron chi connectivity index (χ1n) is 7.06. The van der Waals surface area contributed by atoms with Gasteiger partial charge in [0.2, 0.25) is 21.8 Å². The molecule has 1 heterocycles. The van der Waals surface area contributed by atoms with Crippen molar-refractivity contribution in [2.24, 2.45) is 5.73 Å². The largest absolute Gasteiger partial charge is 0.366 e. The van der Waals surface area contributed by atoms with Crippen LogP contribution in [0.3, 0.4) is 0 Å². The number of hydrogen-bond donors (Lipinski definition) is 2. The average molecular weight is 325 g/mol. The molecule has 8 heteroatoms. The van der Waals surface area contributed by atoms with Gasteiger partial charge in [0.15, 0.2) is 0 Å². The van der Waals surface area contributed by atoms with Gasteiger partial charge in [0, 0.05) is 30.8 Å². The van der Waals surface area contributed by atoms with Gasteiger partial charge in [-0.2, -0.15) is 0 Å². The van der Waals surface area contributed by atoms with Crippen molar-refractivity contribution >= 4 is 27.5 Å². The van der Waals surface area contributed by atoms with Crippen molar-refractivity contribution in [2.75, 3.05) is 24.2 Å². The highest BCUT2D eigenvalue weighted by molar-refractivity contribution is 7.89. The van der Waals surface area contributed by atoms with E-state index in [2.05, 4.69) is 5.32 Å². The third-order valence-electron chi connectivity index (χ3n) is 3.49. The molecule has 120 valence electrons. The molecular formula is C14H19N3O4S. The van der Waals surface area contributed by atoms with Crippen LogP contribution >= 0.6 is 0 Å². The monoisotopic (exact) mass is 325 g/mol. The summed E-state index contributed by atoms with van der Waals surface area (Å²) in [7, 11) is -3.21. The van der Waals surface area contributed by atoms with Gasteiger partial charge < -0.3 is 11.1 Å². The van der Waals surface area contributed by atoms with Gasteiger partial charge in [-0.1, -0.05) is 0 Å². The number of primary amides is 1.